The average Bonchev–Trinajstić information content (AvgIpc) is 3.37. The third-order valence-corrected chi connectivity index (χ3v) is 4.58. The van der Waals surface area contributed by atoms with E-state index < -0.39 is 11.9 Å². The smallest absolute Gasteiger partial charge is 0.308 e. The Labute approximate surface area is 128 Å². The number of hydrogen-bond donors (Lipinski definition) is 1. The highest BCUT2D eigenvalue weighted by atomic mass is 19.1. The number of benzene rings is 1. The van der Waals surface area contributed by atoms with E-state index in [0.717, 1.165) is 12.8 Å². The molecule has 22 heavy (non-hydrogen) atoms. The molecule has 3 rings (SSSR count). The van der Waals surface area contributed by atoms with Crippen molar-refractivity contribution >= 4 is 11.9 Å². The molecule has 0 spiro atoms. The standard InChI is InChI=1S/C17H20FNO3/c1-10(17(21)22)9-19(11-6-7-11)16(20)14-8-13(14)12-4-2-3-5-15(12)18/h2-5,10-11,13-14H,6-9H2,1H3,(H,21,22)/t10-,13+,14-/m1/s1. The van der Waals surface area contributed by atoms with Crippen LogP contribution < -0.4 is 0 Å². The van der Waals surface area contributed by atoms with Gasteiger partial charge in [0, 0.05) is 18.5 Å². The average molecular weight is 305 g/mol. The second-order valence-electron chi connectivity index (χ2n) is 6.43. The number of aliphatic carboxylic acids is 1. The number of carbonyl (C=O) groups excluding carboxylic acids is 1. The first-order valence-electron chi connectivity index (χ1n) is 7.76. The SMILES string of the molecule is C[C@H](CN(C(=O)[C@@H]1C[C@H]1c1ccccc1F)C1CC1)C(=O)O. The van der Waals surface area contributed by atoms with Gasteiger partial charge in [-0.25, -0.2) is 4.39 Å². The molecule has 0 radical (unpaired) electrons. The van der Waals surface area contributed by atoms with E-state index >= 15 is 0 Å². The zero-order valence-corrected chi connectivity index (χ0v) is 12.5. The lowest BCUT2D eigenvalue weighted by Gasteiger charge is -2.24. The molecular weight excluding hydrogens is 285 g/mol. The van der Waals surface area contributed by atoms with E-state index in [9.17, 15) is 14.0 Å². The maximum absolute atomic E-state index is 13.8. The van der Waals surface area contributed by atoms with Crippen LogP contribution in [0.15, 0.2) is 24.3 Å². The van der Waals surface area contributed by atoms with Crippen LogP contribution in [0.4, 0.5) is 4.39 Å². The Kier molecular flexibility index (Phi) is 3.89. The van der Waals surface area contributed by atoms with Crippen molar-refractivity contribution < 1.29 is 19.1 Å². The van der Waals surface area contributed by atoms with E-state index in [-0.39, 0.29) is 36.1 Å². The molecule has 4 nitrogen and oxygen atoms in total. The number of carbonyl (C=O) groups is 2. The predicted octanol–water partition coefficient (Wildman–Crippen LogP) is 2.64. The number of hydrogen-bond acceptors (Lipinski definition) is 2. The molecule has 1 N–H and O–H groups in total. The summed E-state index contributed by atoms with van der Waals surface area (Å²) in [6.07, 6.45) is 2.54. The first kappa shape index (κ1) is 15.0. The molecular formula is C17H20FNO3. The fourth-order valence-corrected chi connectivity index (χ4v) is 2.98. The lowest BCUT2D eigenvalue weighted by molar-refractivity contribution is -0.143. The predicted molar refractivity (Wildman–Crippen MR) is 78.8 cm³/mol. The summed E-state index contributed by atoms with van der Waals surface area (Å²) >= 11 is 0. The molecule has 0 aliphatic heterocycles. The molecule has 2 aliphatic rings. The zero-order valence-electron chi connectivity index (χ0n) is 12.5. The Morgan fingerprint density at radius 2 is 2.05 bits per heavy atom. The van der Waals surface area contributed by atoms with Gasteiger partial charge in [0.1, 0.15) is 5.82 Å². The van der Waals surface area contributed by atoms with E-state index in [2.05, 4.69) is 0 Å². The van der Waals surface area contributed by atoms with E-state index in [1.165, 1.54) is 6.07 Å². The van der Waals surface area contributed by atoms with Crippen molar-refractivity contribution in [1.29, 1.82) is 0 Å². The first-order chi connectivity index (χ1) is 10.5. The first-order valence-corrected chi connectivity index (χ1v) is 7.76. The highest BCUT2D eigenvalue weighted by Gasteiger charge is 2.49. The molecule has 118 valence electrons. The number of carboxylic acid groups (broad SMARTS) is 1. The van der Waals surface area contributed by atoms with Crippen LogP contribution >= 0.6 is 0 Å². The van der Waals surface area contributed by atoms with E-state index in [4.69, 9.17) is 5.11 Å². The van der Waals surface area contributed by atoms with Crippen LogP contribution in [0.5, 0.6) is 0 Å². The minimum Gasteiger partial charge on any atom is -0.481 e. The van der Waals surface area contributed by atoms with E-state index in [0.29, 0.717) is 12.0 Å². The Hall–Kier alpha value is -1.91. The molecule has 1 amide bonds. The van der Waals surface area contributed by atoms with Gasteiger partial charge in [-0.15, -0.1) is 0 Å². The Morgan fingerprint density at radius 1 is 1.36 bits per heavy atom. The topological polar surface area (TPSA) is 57.6 Å². The van der Waals surface area contributed by atoms with Crippen LogP contribution in [-0.4, -0.2) is 34.5 Å². The minimum absolute atomic E-state index is 0.0103. The largest absolute Gasteiger partial charge is 0.481 e. The fraction of sp³-hybridized carbons (Fsp3) is 0.529. The van der Waals surface area contributed by atoms with Crippen LogP contribution in [-0.2, 0) is 9.59 Å². The van der Waals surface area contributed by atoms with Gasteiger partial charge in [0.2, 0.25) is 5.91 Å². The second-order valence-corrected chi connectivity index (χ2v) is 6.43. The summed E-state index contributed by atoms with van der Waals surface area (Å²) < 4.78 is 13.8. The molecule has 2 saturated carbocycles. The highest BCUT2D eigenvalue weighted by molar-refractivity contribution is 5.84. The fourth-order valence-electron chi connectivity index (χ4n) is 2.98. The lowest BCUT2D eigenvalue weighted by atomic mass is 10.1. The molecule has 3 atom stereocenters. The highest BCUT2D eigenvalue weighted by Crippen LogP contribution is 2.50. The zero-order chi connectivity index (χ0) is 15.9. The molecule has 1 aromatic carbocycles. The molecule has 0 heterocycles. The molecule has 2 fully saturated rings. The summed E-state index contributed by atoms with van der Waals surface area (Å²) in [6, 6.07) is 6.75. The van der Waals surface area contributed by atoms with Gasteiger partial charge in [-0.3, -0.25) is 9.59 Å². The molecule has 0 saturated heterocycles. The summed E-state index contributed by atoms with van der Waals surface area (Å²) in [7, 11) is 0. The van der Waals surface area contributed by atoms with Crippen molar-refractivity contribution in [2.45, 2.75) is 38.1 Å². The summed E-state index contributed by atoms with van der Waals surface area (Å²) in [5, 5.41) is 9.05. The van der Waals surface area contributed by atoms with Crippen molar-refractivity contribution in [2.75, 3.05) is 6.54 Å². The van der Waals surface area contributed by atoms with Gasteiger partial charge >= 0.3 is 5.97 Å². The molecule has 5 heteroatoms. The number of carboxylic acids is 1. The third-order valence-electron chi connectivity index (χ3n) is 4.58. The second kappa shape index (κ2) is 5.71. The van der Waals surface area contributed by atoms with Gasteiger partial charge in [-0.05, 0) is 36.8 Å². The van der Waals surface area contributed by atoms with Crippen LogP contribution in [0.1, 0.15) is 37.7 Å². The molecule has 0 aromatic heterocycles. The monoisotopic (exact) mass is 305 g/mol. The molecule has 0 unspecified atom stereocenters. The van der Waals surface area contributed by atoms with Crippen LogP contribution in [0.3, 0.4) is 0 Å². The van der Waals surface area contributed by atoms with E-state index in [1.807, 2.05) is 0 Å². The molecule has 0 bridgehead atoms. The quantitative estimate of drug-likeness (QED) is 0.879. The lowest BCUT2D eigenvalue weighted by Crippen LogP contribution is -2.39. The Balaban J connectivity index is 1.68. The van der Waals surface area contributed by atoms with Crippen molar-refractivity contribution in [3.8, 4) is 0 Å². The maximum Gasteiger partial charge on any atom is 0.308 e. The van der Waals surface area contributed by atoms with Gasteiger partial charge < -0.3 is 10.0 Å². The summed E-state index contributed by atoms with van der Waals surface area (Å²) in [5.41, 5.74) is 0.600. The number of amides is 1. The van der Waals surface area contributed by atoms with Crippen molar-refractivity contribution in [3.63, 3.8) is 0 Å². The third kappa shape index (κ3) is 2.98. The van der Waals surface area contributed by atoms with Gasteiger partial charge in [0.25, 0.3) is 0 Å². The number of rotatable bonds is 6. The number of nitrogens with zero attached hydrogens (tertiary/aromatic N) is 1. The van der Waals surface area contributed by atoms with Gasteiger partial charge in [-0.1, -0.05) is 25.1 Å². The molecule has 2 aliphatic carbocycles. The number of halogens is 1. The maximum atomic E-state index is 13.8. The Morgan fingerprint density at radius 3 is 2.64 bits per heavy atom. The summed E-state index contributed by atoms with van der Waals surface area (Å²) in [5.74, 6) is -1.99. The van der Waals surface area contributed by atoms with Gasteiger partial charge in [0.15, 0.2) is 0 Å². The van der Waals surface area contributed by atoms with Gasteiger partial charge in [0.05, 0.1) is 5.92 Å². The van der Waals surface area contributed by atoms with Gasteiger partial charge in [-0.2, -0.15) is 0 Å². The summed E-state index contributed by atoms with van der Waals surface area (Å²) in [4.78, 5) is 25.4. The minimum atomic E-state index is -0.889. The normalized spacial score (nSPS) is 24.6. The van der Waals surface area contributed by atoms with E-state index in [1.54, 1.807) is 30.0 Å². The van der Waals surface area contributed by atoms with Crippen molar-refractivity contribution in [3.05, 3.63) is 35.6 Å². The molecule has 1 aromatic rings. The summed E-state index contributed by atoms with van der Waals surface area (Å²) in [6.45, 7) is 1.87. The van der Waals surface area contributed by atoms with Crippen molar-refractivity contribution in [2.24, 2.45) is 11.8 Å². The van der Waals surface area contributed by atoms with Crippen molar-refractivity contribution in [1.82, 2.24) is 4.90 Å². The van der Waals surface area contributed by atoms with Crippen LogP contribution in [0, 0.1) is 17.7 Å². The van der Waals surface area contributed by atoms with Crippen LogP contribution in [0.25, 0.3) is 0 Å². The Bertz CT molecular complexity index is 599. The van der Waals surface area contributed by atoms with Crippen LogP contribution in [0.2, 0.25) is 0 Å².